The fraction of sp³-hybridized carbons (Fsp3) is 0.190. The molecule has 2 rings (SSSR count). The van der Waals surface area contributed by atoms with E-state index < -0.39 is 11.8 Å². The second-order valence-corrected chi connectivity index (χ2v) is 7.67. The topological polar surface area (TPSA) is 89.0 Å². The van der Waals surface area contributed by atoms with Crippen molar-refractivity contribution < 1.29 is 19.1 Å². The lowest BCUT2D eigenvalue weighted by Gasteiger charge is -2.15. The quantitative estimate of drug-likeness (QED) is 0.217. The van der Waals surface area contributed by atoms with E-state index in [1.807, 2.05) is 13.0 Å². The molecule has 0 fully saturated rings. The molecule has 0 saturated carbocycles. The molecule has 2 amide bonds. The Balaban J connectivity index is 2.11. The molecular weight excluding hydrogens is 509 g/mol. The SMILES string of the molecule is C=CCNC(=O)C(=O)N/N=C\c1cc(Br)c(OCc2ccc(Cl)c(Cl)c2)c(OCC)c1. The number of nitrogens with zero attached hydrogens (tertiary/aromatic N) is 1. The molecule has 0 aliphatic heterocycles. The Bertz CT molecular complexity index is 999. The van der Waals surface area contributed by atoms with Crippen LogP contribution < -0.4 is 20.2 Å². The van der Waals surface area contributed by atoms with Gasteiger partial charge in [-0.05, 0) is 58.2 Å². The van der Waals surface area contributed by atoms with Gasteiger partial charge in [-0.25, -0.2) is 5.43 Å². The van der Waals surface area contributed by atoms with Crippen LogP contribution in [-0.4, -0.2) is 31.2 Å². The minimum absolute atomic E-state index is 0.185. The summed E-state index contributed by atoms with van der Waals surface area (Å²) in [5, 5.41) is 7.06. The molecule has 0 unspecified atom stereocenters. The molecule has 0 aliphatic rings. The van der Waals surface area contributed by atoms with E-state index in [4.69, 9.17) is 32.7 Å². The van der Waals surface area contributed by atoms with Gasteiger partial charge in [0.15, 0.2) is 11.5 Å². The van der Waals surface area contributed by atoms with Crippen molar-refractivity contribution in [3.8, 4) is 11.5 Å². The number of rotatable bonds is 9. The maximum absolute atomic E-state index is 11.7. The lowest BCUT2D eigenvalue weighted by atomic mass is 10.2. The van der Waals surface area contributed by atoms with E-state index in [9.17, 15) is 9.59 Å². The molecule has 0 saturated heterocycles. The highest BCUT2D eigenvalue weighted by Gasteiger charge is 2.14. The number of hydrogen-bond acceptors (Lipinski definition) is 5. The lowest BCUT2D eigenvalue weighted by Crippen LogP contribution is -2.37. The van der Waals surface area contributed by atoms with E-state index in [2.05, 4.69) is 38.4 Å². The Morgan fingerprint density at radius 1 is 1.16 bits per heavy atom. The third kappa shape index (κ3) is 7.57. The molecule has 0 radical (unpaired) electrons. The molecule has 164 valence electrons. The molecule has 0 aromatic heterocycles. The summed E-state index contributed by atoms with van der Waals surface area (Å²) >= 11 is 15.5. The van der Waals surface area contributed by atoms with Crippen molar-refractivity contribution in [2.45, 2.75) is 13.5 Å². The zero-order valence-corrected chi connectivity index (χ0v) is 19.7. The molecule has 0 heterocycles. The third-order valence-electron chi connectivity index (χ3n) is 3.69. The van der Waals surface area contributed by atoms with Crippen LogP contribution in [0.15, 0.2) is 52.6 Å². The van der Waals surface area contributed by atoms with E-state index in [1.165, 1.54) is 12.3 Å². The van der Waals surface area contributed by atoms with Crippen LogP contribution in [0.5, 0.6) is 11.5 Å². The van der Waals surface area contributed by atoms with Gasteiger partial charge in [-0.15, -0.1) is 6.58 Å². The number of nitrogens with one attached hydrogen (secondary N) is 2. The fourth-order valence-corrected chi connectivity index (χ4v) is 3.21. The molecule has 10 heteroatoms. The van der Waals surface area contributed by atoms with Crippen LogP contribution in [0.2, 0.25) is 10.0 Å². The van der Waals surface area contributed by atoms with Gasteiger partial charge < -0.3 is 14.8 Å². The largest absolute Gasteiger partial charge is 0.490 e. The Labute approximate surface area is 198 Å². The van der Waals surface area contributed by atoms with Gasteiger partial charge in [0.05, 0.1) is 27.3 Å². The van der Waals surface area contributed by atoms with Crippen LogP contribution in [0.4, 0.5) is 0 Å². The second-order valence-electron chi connectivity index (χ2n) is 6.00. The van der Waals surface area contributed by atoms with E-state index in [0.29, 0.717) is 38.2 Å². The summed E-state index contributed by atoms with van der Waals surface area (Å²) in [5.74, 6) is -0.714. The van der Waals surface area contributed by atoms with Gasteiger partial charge >= 0.3 is 11.8 Å². The zero-order chi connectivity index (χ0) is 22.8. The zero-order valence-electron chi connectivity index (χ0n) is 16.6. The average Bonchev–Trinajstić information content (AvgIpc) is 2.74. The van der Waals surface area contributed by atoms with Crippen molar-refractivity contribution >= 4 is 57.2 Å². The highest BCUT2D eigenvalue weighted by Crippen LogP contribution is 2.37. The number of benzene rings is 2. The Morgan fingerprint density at radius 2 is 1.94 bits per heavy atom. The van der Waals surface area contributed by atoms with Crippen LogP contribution in [0.1, 0.15) is 18.1 Å². The average molecular weight is 529 g/mol. The van der Waals surface area contributed by atoms with Gasteiger partial charge in [-0.3, -0.25) is 9.59 Å². The van der Waals surface area contributed by atoms with Gasteiger partial charge in [-0.2, -0.15) is 5.10 Å². The normalized spacial score (nSPS) is 10.6. The predicted octanol–water partition coefficient (Wildman–Crippen LogP) is 4.49. The lowest BCUT2D eigenvalue weighted by molar-refractivity contribution is -0.139. The van der Waals surface area contributed by atoms with E-state index in [-0.39, 0.29) is 13.2 Å². The van der Waals surface area contributed by atoms with Crippen molar-refractivity contribution in [2.24, 2.45) is 5.10 Å². The summed E-state index contributed by atoms with van der Waals surface area (Å²) in [6.45, 7) is 6.15. The summed E-state index contributed by atoms with van der Waals surface area (Å²) in [6.07, 6.45) is 2.85. The molecule has 0 aliphatic carbocycles. The first kappa shape index (κ1) is 24.7. The number of carbonyl (C=O) groups is 2. The summed E-state index contributed by atoms with van der Waals surface area (Å²) in [5.41, 5.74) is 3.61. The number of hydrazone groups is 1. The van der Waals surface area contributed by atoms with Gasteiger partial charge in [-0.1, -0.05) is 35.3 Å². The van der Waals surface area contributed by atoms with Crippen molar-refractivity contribution in [2.75, 3.05) is 13.2 Å². The summed E-state index contributed by atoms with van der Waals surface area (Å²) < 4.78 is 12.2. The van der Waals surface area contributed by atoms with Crippen molar-refractivity contribution in [3.05, 3.63) is 68.6 Å². The van der Waals surface area contributed by atoms with Crippen LogP contribution >= 0.6 is 39.1 Å². The smallest absolute Gasteiger partial charge is 0.329 e. The third-order valence-corrected chi connectivity index (χ3v) is 5.02. The van der Waals surface area contributed by atoms with Crippen LogP contribution in [-0.2, 0) is 16.2 Å². The molecule has 0 bridgehead atoms. The summed E-state index contributed by atoms with van der Waals surface area (Å²) in [7, 11) is 0. The number of ether oxygens (including phenoxy) is 2. The first-order valence-corrected chi connectivity index (χ1v) is 10.7. The molecule has 2 aromatic rings. The standard InChI is InChI=1S/C21H20BrCl2N3O4/c1-3-7-25-20(28)21(29)27-26-11-14-8-15(22)19(18(10-14)30-4-2)31-12-13-5-6-16(23)17(24)9-13/h3,5-6,8-11H,1,4,7,12H2,2H3,(H,25,28)(H,27,29)/b26-11-. The van der Waals surface area contributed by atoms with E-state index in [1.54, 1.807) is 24.3 Å². The minimum Gasteiger partial charge on any atom is -0.490 e. The molecule has 2 aromatic carbocycles. The van der Waals surface area contributed by atoms with Gasteiger partial charge in [0.2, 0.25) is 0 Å². The Morgan fingerprint density at radius 3 is 2.61 bits per heavy atom. The highest BCUT2D eigenvalue weighted by atomic mass is 79.9. The Kier molecular flexibility index (Phi) is 9.84. The minimum atomic E-state index is -0.885. The fourth-order valence-electron chi connectivity index (χ4n) is 2.31. The van der Waals surface area contributed by atoms with Crippen LogP contribution in [0.3, 0.4) is 0 Å². The van der Waals surface area contributed by atoms with Crippen LogP contribution in [0.25, 0.3) is 0 Å². The van der Waals surface area contributed by atoms with Crippen molar-refractivity contribution in [1.29, 1.82) is 0 Å². The molecule has 0 spiro atoms. The molecule has 7 nitrogen and oxygen atoms in total. The molecule has 2 N–H and O–H groups in total. The number of halogens is 3. The monoisotopic (exact) mass is 527 g/mol. The first-order chi connectivity index (χ1) is 14.8. The molecule has 31 heavy (non-hydrogen) atoms. The maximum Gasteiger partial charge on any atom is 0.329 e. The predicted molar refractivity (Wildman–Crippen MR) is 125 cm³/mol. The number of hydrogen-bond donors (Lipinski definition) is 2. The second kappa shape index (κ2) is 12.3. The van der Waals surface area contributed by atoms with Crippen LogP contribution in [0, 0.1) is 0 Å². The molecular formula is C21H20BrCl2N3O4. The van der Waals surface area contributed by atoms with Crippen molar-refractivity contribution in [1.82, 2.24) is 10.7 Å². The van der Waals surface area contributed by atoms with Crippen molar-refractivity contribution in [3.63, 3.8) is 0 Å². The number of amides is 2. The Hall–Kier alpha value is -2.55. The summed E-state index contributed by atoms with van der Waals surface area (Å²) in [4.78, 5) is 23.2. The summed E-state index contributed by atoms with van der Waals surface area (Å²) in [6, 6.07) is 8.68. The van der Waals surface area contributed by atoms with Gasteiger partial charge in [0.25, 0.3) is 0 Å². The first-order valence-electron chi connectivity index (χ1n) is 9.10. The highest BCUT2D eigenvalue weighted by molar-refractivity contribution is 9.10. The number of carbonyl (C=O) groups excluding carboxylic acids is 2. The maximum atomic E-state index is 11.7. The molecule has 0 atom stereocenters. The van der Waals surface area contributed by atoms with E-state index in [0.717, 1.165) is 5.56 Å². The van der Waals surface area contributed by atoms with Gasteiger partial charge in [0.1, 0.15) is 6.61 Å². The van der Waals surface area contributed by atoms with E-state index >= 15 is 0 Å². The van der Waals surface area contributed by atoms with Gasteiger partial charge in [0, 0.05) is 6.54 Å².